The van der Waals surface area contributed by atoms with Gasteiger partial charge in [0.05, 0.1) is 28.7 Å². The number of non-ortho nitro benzene ring substituents is 1. The van der Waals surface area contributed by atoms with E-state index in [1.807, 2.05) is 0 Å². The molecule has 0 spiro atoms. The van der Waals surface area contributed by atoms with Crippen molar-refractivity contribution in [2.75, 3.05) is 0 Å². The Bertz CT molecular complexity index is 970. The lowest BCUT2D eigenvalue weighted by atomic mass is 10.1. The number of fused-ring (bicyclic) bond motifs is 1. The molecule has 0 unspecified atom stereocenters. The Morgan fingerprint density at radius 1 is 1.38 bits per heavy atom. The molecule has 0 saturated heterocycles. The van der Waals surface area contributed by atoms with Crippen molar-refractivity contribution in [1.29, 1.82) is 0 Å². The van der Waals surface area contributed by atoms with Crippen LogP contribution in [-0.2, 0) is 0 Å². The standard InChI is InChI=1S/C13H10FN7O2S/c14-10-6-20-9(5-17-19-12(15)16)11(18-13(20)24-10)7-1-3-8(4-2-7)21(22)23/h1-6H,(H4,15,16,19)/b17-5-. The van der Waals surface area contributed by atoms with Gasteiger partial charge >= 0.3 is 0 Å². The maximum Gasteiger partial charge on any atom is 0.269 e. The normalized spacial score (nSPS) is 11.2. The molecule has 0 aliphatic rings. The average Bonchev–Trinajstić information content (AvgIpc) is 3.04. The zero-order chi connectivity index (χ0) is 17.3. The van der Waals surface area contributed by atoms with E-state index in [4.69, 9.17) is 11.5 Å². The first-order valence-electron chi connectivity index (χ1n) is 6.50. The summed E-state index contributed by atoms with van der Waals surface area (Å²) in [7, 11) is 0. The van der Waals surface area contributed by atoms with Crippen molar-refractivity contribution >= 4 is 34.2 Å². The first-order chi connectivity index (χ1) is 11.5. The monoisotopic (exact) mass is 347 g/mol. The molecule has 24 heavy (non-hydrogen) atoms. The highest BCUT2D eigenvalue weighted by Crippen LogP contribution is 2.28. The highest BCUT2D eigenvalue weighted by atomic mass is 32.1. The van der Waals surface area contributed by atoms with Crippen molar-refractivity contribution in [3.63, 3.8) is 0 Å². The number of nitrogens with zero attached hydrogens (tertiary/aromatic N) is 5. The quantitative estimate of drug-likeness (QED) is 0.320. The molecule has 9 nitrogen and oxygen atoms in total. The van der Waals surface area contributed by atoms with Gasteiger partial charge in [-0.2, -0.15) is 9.49 Å². The van der Waals surface area contributed by atoms with Crippen LogP contribution in [0.2, 0.25) is 0 Å². The molecule has 0 fully saturated rings. The van der Waals surface area contributed by atoms with Gasteiger partial charge in [0, 0.05) is 17.7 Å². The maximum atomic E-state index is 13.4. The topological polar surface area (TPSA) is 137 Å². The number of guanidine groups is 1. The van der Waals surface area contributed by atoms with E-state index in [1.165, 1.54) is 28.9 Å². The van der Waals surface area contributed by atoms with Crippen LogP contribution in [0.3, 0.4) is 0 Å². The molecule has 2 aromatic heterocycles. The van der Waals surface area contributed by atoms with Gasteiger partial charge in [-0.3, -0.25) is 14.5 Å². The SMILES string of the molecule is NC(N)=N/N=C\c1c(-c2ccc([N+](=O)[O-])cc2)nc2sc(F)cn12. The molecular weight excluding hydrogens is 337 g/mol. The van der Waals surface area contributed by atoms with Gasteiger partial charge in [-0.15, -0.1) is 5.10 Å². The largest absolute Gasteiger partial charge is 0.369 e. The first kappa shape index (κ1) is 15.6. The summed E-state index contributed by atoms with van der Waals surface area (Å²) in [6.07, 6.45) is 2.60. The van der Waals surface area contributed by atoms with E-state index in [-0.39, 0.29) is 11.6 Å². The molecule has 4 N–H and O–H groups in total. The number of hydrogen-bond donors (Lipinski definition) is 2. The third kappa shape index (κ3) is 2.92. The molecule has 0 radical (unpaired) electrons. The van der Waals surface area contributed by atoms with E-state index >= 15 is 0 Å². The number of nitrogens with two attached hydrogens (primary N) is 2. The van der Waals surface area contributed by atoms with Gasteiger partial charge < -0.3 is 11.5 Å². The molecule has 0 atom stereocenters. The zero-order valence-electron chi connectivity index (χ0n) is 12.0. The maximum absolute atomic E-state index is 13.4. The van der Waals surface area contributed by atoms with E-state index in [2.05, 4.69) is 15.2 Å². The molecule has 11 heteroatoms. The van der Waals surface area contributed by atoms with Crippen LogP contribution in [0.25, 0.3) is 16.2 Å². The summed E-state index contributed by atoms with van der Waals surface area (Å²) in [5, 5.41) is 17.6. The fourth-order valence-electron chi connectivity index (χ4n) is 2.06. The summed E-state index contributed by atoms with van der Waals surface area (Å²) in [5.74, 6) is -0.222. The summed E-state index contributed by atoms with van der Waals surface area (Å²) < 4.78 is 14.9. The van der Waals surface area contributed by atoms with Gasteiger partial charge in [0.25, 0.3) is 5.69 Å². The van der Waals surface area contributed by atoms with Gasteiger partial charge in [-0.05, 0) is 12.1 Å². The van der Waals surface area contributed by atoms with Crippen LogP contribution in [0, 0.1) is 15.2 Å². The lowest BCUT2D eigenvalue weighted by Crippen LogP contribution is -2.21. The predicted octanol–water partition coefficient (Wildman–Crippen LogP) is 1.72. The molecular formula is C13H10FN7O2S. The number of rotatable bonds is 4. The predicted molar refractivity (Wildman–Crippen MR) is 88.5 cm³/mol. The molecule has 0 aliphatic carbocycles. The Balaban J connectivity index is 2.12. The van der Waals surface area contributed by atoms with Crippen molar-refractivity contribution in [3.05, 3.63) is 51.4 Å². The molecule has 0 aliphatic heterocycles. The molecule has 122 valence electrons. The minimum atomic E-state index is -0.494. The van der Waals surface area contributed by atoms with Gasteiger partial charge in [-0.25, -0.2) is 4.98 Å². The van der Waals surface area contributed by atoms with Crippen LogP contribution in [0.15, 0.2) is 40.7 Å². The van der Waals surface area contributed by atoms with Crippen molar-refractivity contribution in [3.8, 4) is 11.3 Å². The third-order valence-electron chi connectivity index (χ3n) is 3.04. The minimum absolute atomic E-state index is 0.0402. The second kappa shape index (κ2) is 6.04. The fraction of sp³-hybridized carbons (Fsp3) is 0. The van der Waals surface area contributed by atoms with Crippen LogP contribution in [-0.4, -0.2) is 26.5 Å². The molecule has 0 saturated carbocycles. The van der Waals surface area contributed by atoms with E-state index in [0.717, 1.165) is 11.3 Å². The Morgan fingerprint density at radius 2 is 2.08 bits per heavy atom. The first-order valence-corrected chi connectivity index (χ1v) is 7.31. The highest BCUT2D eigenvalue weighted by Gasteiger charge is 2.16. The van der Waals surface area contributed by atoms with Gasteiger partial charge in [0.1, 0.15) is 0 Å². The number of aromatic nitrogens is 2. The van der Waals surface area contributed by atoms with Crippen molar-refractivity contribution in [2.45, 2.75) is 0 Å². The van der Waals surface area contributed by atoms with Crippen LogP contribution in [0.5, 0.6) is 0 Å². The van der Waals surface area contributed by atoms with Crippen molar-refractivity contribution < 1.29 is 9.31 Å². The average molecular weight is 347 g/mol. The van der Waals surface area contributed by atoms with Gasteiger partial charge in [0.15, 0.2) is 10.1 Å². The van der Waals surface area contributed by atoms with E-state index in [1.54, 1.807) is 12.1 Å². The smallest absolute Gasteiger partial charge is 0.269 e. The number of benzene rings is 1. The summed E-state index contributed by atoms with van der Waals surface area (Å²) in [5.41, 5.74) is 11.9. The number of halogens is 1. The number of hydrogen-bond acceptors (Lipinski definition) is 6. The van der Waals surface area contributed by atoms with E-state index < -0.39 is 10.1 Å². The van der Waals surface area contributed by atoms with Crippen LogP contribution >= 0.6 is 11.3 Å². The summed E-state index contributed by atoms with van der Waals surface area (Å²) in [6.45, 7) is 0. The number of nitro benzene ring substituents is 1. The van der Waals surface area contributed by atoms with E-state index in [0.29, 0.717) is 21.9 Å². The van der Waals surface area contributed by atoms with E-state index in [9.17, 15) is 14.5 Å². The fourth-order valence-corrected chi connectivity index (χ4v) is 2.78. The summed E-state index contributed by atoms with van der Waals surface area (Å²) in [6, 6.07) is 5.83. The Morgan fingerprint density at radius 3 is 2.71 bits per heavy atom. The third-order valence-corrected chi connectivity index (χ3v) is 3.81. The molecule has 0 amide bonds. The van der Waals surface area contributed by atoms with Gasteiger partial charge in [-0.1, -0.05) is 11.3 Å². The molecule has 3 rings (SSSR count). The summed E-state index contributed by atoms with van der Waals surface area (Å²) in [4.78, 5) is 15.0. The molecule has 1 aromatic carbocycles. The second-order valence-corrected chi connectivity index (χ2v) is 5.57. The minimum Gasteiger partial charge on any atom is -0.369 e. The zero-order valence-corrected chi connectivity index (χ0v) is 12.8. The lowest BCUT2D eigenvalue weighted by Gasteiger charge is -1.99. The van der Waals surface area contributed by atoms with Gasteiger partial charge in [0.2, 0.25) is 5.96 Å². The molecule has 2 heterocycles. The number of nitro groups is 1. The Hall–Kier alpha value is -3.34. The number of thiazole rings is 1. The van der Waals surface area contributed by atoms with Crippen LogP contribution in [0.4, 0.5) is 10.1 Å². The van der Waals surface area contributed by atoms with Crippen LogP contribution < -0.4 is 11.5 Å². The Kier molecular flexibility index (Phi) is 3.92. The molecule has 0 bridgehead atoms. The molecule has 3 aromatic rings. The lowest BCUT2D eigenvalue weighted by molar-refractivity contribution is -0.384. The van der Waals surface area contributed by atoms with Crippen molar-refractivity contribution in [2.24, 2.45) is 21.7 Å². The van der Waals surface area contributed by atoms with Crippen molar-refractivity contribution in [1.82, 2.24) is 9.38 Å². The highest BCUT2D eigenvalue weighted by molar-refractivity contribution is 7.15. The number of imidazole rings is 1. The Labute approximate surface area is 137 Å². The van der Waals surface area contributed by atoms with Crippen LogP contribution in [0.1, 0.15) is 5.69 Å². The second-order valence-electron chi connectivity index (χ2n) is 4.61. The summed E-state index contributed by atoms with van der Waals surface area (Å²) >= 11 is 0.860.